The van der Waals surface area contributed by atoms with E-state index in [1.165, 1.54) is 0 Å². The SMILES string of the molecule is C=C1C(=O)[C@@]23C[C@H]1CC[C@@H]2[C@]12CO[C@]3(O)[C@@H](O)[C@H]1C(C)(C)CC[C@@H]2O. The van der Waals surface area contributed by atoms with E-state index >= 15 is 0 Å². The van der Waals surface area contributed by atoms with Crippen LogP contribution in [0.5, 0.6) is 0 Å². The maximum atomic E-state index is 13.3. The summed E-state index contributed by atoms with van der Waals surface area (Å²) in [6.45, 7) is 8.41. The maximum Gasteiger partial charge on any atom is 0.205 e. The number of hydrogen-bond donors (Lipinski definition) is 3. The Morgan fingerprint density at radius 1 is 1.20 bits per heavy atom. The summed E-state index contributed by atoms with van der Waals surface area (Å²) in [6, 6.07) is 0. The molecule has 6 aliphatic rings. The molecule has 25 heavy (non-hydrogen) atoms. The summed E-state index contributed by atoms with van der Waals surface area (Å²) in [5, 5.41) is 34.0. The zero-order valence-corrected chi connectivity index (χ0v) is 15.0. The molecular weight excluding hydrogens is 320 g/mol. The third kappa shape index (κ3) is 1.44. The molecule has 4 bridgehead atoms. The number of carbonyl (C=O) groups is 1. The van der Waals surface area contributed by atoms with E-state index in [0.29, 0.717) is 18.4 Å². The normalized spacial score (nSPS) is 58.8. The largest absolute Gasteiger partial charge is 0.392 e. The van der Waals surface area contributed by atoms with Crippen molar-refractivity contribution in [3.05, 3.63) is 12.2 Å². The minimum absolute atomic E-state index is 0.0616. The summed E-state index contributed by atoms with van der Waals surface area (Å²) in [4.78, 5) is 13.3. The van der Waals surface area contributed by atoms with Gasteiger partial charge in [0.1, 0.15) is 6.10 Å². The molecule has 6 fully saturated rings. The van der Waals surface area contributed by atoms with Crippen molar-refractivity contribution >= 4 is 5.78 Å². The second-order valence-electron chi connectivity index (χ2n) is 9.92. The molecule has 2 aliphatic heterocycles. The molecule has 0 amide bonds. The van der Waals surface area contributed by atoms with Crippen LogP contribution in [0.25, 0.3) is 0 Å². The van der Waals surface area contributed by atoms with Crippen molar-refractivity contribution in [2.75, 3.05) is 6.61 Å². The first-order valence-corrected chi connectivity index (χ1v) is 9.59. The monoisotopic (exact) mass is 348 g/mol. The highest BCUT2D eigenvalue weighted by atomic mass is 16.6. The van der Waals surface area contributed by atoms with Gasteiger partial charge < -0.3 is 20.1 Å². The zero-order chi connectivity index (χ0) is 18.0. The van der Waals surface area contributed by atoms with Crippen molar-refractivity contribution in [1.82, 2.24) is 0 Å². The predicted molar refractivity (Wildman–Crippen MR) is 89.3 cm³/mol. The van der Waals surface area contributed by atoms with Gasteiger partial charge in [-0.15, -0.1) is 0 Å². The van der Waals surface area contributed by atoms with Crippen LogP contribution < -0.4 is 0 Å². The van der Waals surface area contributed by atoms with E-state index in [1.54, 1.807) is 0 Å². The molecule has 0 aromatic heterocycles. The molecule has 0 aromatic carbocycles. The fraction of sp³-hybridized carbons (Fsp3) is 0.850. The molecule has 2 heterocycles. The Morgan fingerprint density at radius 3 is 2.64 bits per heavy atom. The van der Waals surface area contributed by atoms with Crippen molar-refractivity contribution in [3.8, 4) is 0 Å². The zero-order valence-electron chi connectivity index (χ0n) is 15.0. The quantitative estimate of drug-likeness (QED) is 0.576. The van der Waals surface area contributed by atoms with Crippen molar-refractivity contribution < 1.29 is 24.9 Å². The van der Waals surface area contributed by atoms with Crippen LogP contribution in [0.1, 0.15) is 46.0 Å². The second-order valence-corrected chi connectivity index (χ2v) is 9.92. The molecule has 5 heteroatoms. The van der Waals surface area contributed by atoms with Crippen LogP contribution in [0.15, 0.2) is 12.2 Å². The number of ether oxygens (including phenoxy) is 1. The summed E-state index contributed by atoms with van der Waals surface area (Å²) in [5.74, 6) is -2.39. The van der Waals surface area contributed by atoms with Gasteiger partial charge in [-0.3, -0.25) is 4.79 Å². The number of hydrogen-bond acceptors (Lipinski definition) is 5. The van der Waals surface area contributed by atoms with Crippen LogP contribution in [0, 0.1) is 34.0 Å². The number of allylic oxidation sites excluding steroid dienone is 1. The van der Waals surface area contributed by atoms with Gasteiger partial charge >= 0.3 is 0 Å². The van der Waals surface area contributed by atoms with E-state index in [2.05, 4.69) is 20.4 Å². The molecule has 5 nitrogen and oxygen atoms in total. The summed E-state index contributed by atoms with van der Waals surface area (Å²) in [5.41, 5.74) is -1.48. The van der Waals surface area contributed by atoms with E-state index in [0.717, 1.165) is 19.3 Å². The number of Topliss-reactive ketones (excluding diaryl/α,β-unsaturated/α-hetero) is 1. The van der Waals surface area contributed by atoms with Gasteiger partial charge in [0.2, 0.25) is 5.79 Å². The van der Waals surface area contributed by atoms with Gasteiger partial charge in [0, 0.05) is 11.3 Å². The van der Waals surface area contributed by atoms with Gasteiger partial charge in [0.15, 0.2) is 5.78 Å². The maximum absolute atomic E-state index is 13.3. The average molecular weight is 348 g/mol. The molecule has 3 N–H and O–H groups in total. The van der Waals surface area contributed by atoms with Crippen LogP contribution >= 0.6 is 0 Å². The lowest BCUT2D eigenvalue weighted by atomic mass is 9.36. The molecule has 0 radical (unpaired) electrons. The first kappa shape index (κ1) is 16.4. The Morgan fingerprint density at radius 2 is 1.92 bits per heavy atom. The predicted octanol–water partition coefficient (Wildman–Crippen LogP) is 1.40. The number of fused-ring (bicyclic) bond motifs is 2. The minimum Gasteiger partial charge on any atom is -0.392 e. The van der Waals surface area contributed by atoms with Gasteiger partial charge in [0.05, 0.1) is 18.1 Å². The fourth-order valence-corrected chi connectivity index (χ4v) is 7.82. The number of ketones is 1. The standard InChI is InChI=1S/C20H28O5/c1-10-11-4-5-12-18-9-25-20(24,19(12,8-11)15(10)22)16(23)14(18)17(2,3)7-6-13(18)21/h11-14,16,21,23-24H,1,4-9H2,2-3H3/t11-,12-,13+,14+,16+,18+,19-,20-/m1/s1. The van der Waals surface area contributed by atoms with E-state index in [9.17, 15) is 20.1 Å². The summed E-state index contributed by atoms with van der Waals surface area (Å²) in [7, 11) is 0. The van der Waals surface area contributed by atoms with Gasteiger partial charge in [-0.05, 0) is 54.9 Å². The fourth-order valence-electron chi connectivity index (χ4n) is 7.82. The first-order valence-electron chi connectivity index (χ1n) is 9.59. The molecule has 2 saturated heterocycles. The number of aliphatic hydroxyl groups excluding tert-OH is 2. The van der Waals surface area contributed by atoms with Crippen LogP contribution in [0.2, 0.25) is 0 Å². The van der Waals surface area contributed by atoms with Crippen molar-refractivity contribution in [3.63, 3.8) is 0 Å². The molecule has 0 aromatic rings. The van der Waals surface area contributed by atoms with Crippen molar-refractivity contribution in [2.45, 2.75) is 63.9 Å². The Balaban J connectivity index is 1.79. The molecule has 6 rings (SSSR count). The summed E-state index contributed by atoms with van der Waals surface area (Å²) >= 11 is 0. The molecular formula is C20H28O5. The van der Waals surface area contributed by atoms with Gasteiger partial charge in [-0.2, -0.15) is 0 Å². The minimum atomic E-state index is -1.87. The van der Waals surface area contributed by atoms with E-state index in [4.69, 9.17) is 4.74 Å². The van der Waals surface area contributed by atoms with Crippen molar-refractivity contribution in [1.29, 1.82) is 0 Å². The lowest BCUT2D eigenvalue weighted by Gasteiger charge is -2.74. The van der Waals surface area contributed by atoms with E-state index in [-0.39, 0.29) is 35.6 Å². The number of carbonyl (C=O) groups excluding carboxylic acids is 1. The van der Waals surface area contributed by atoms with Crippen LogP contribution in [0.3, 0.4) is 0 Å². The highest BCUT2D eigenvalue weighted by Crippen LogP contribution is 2.76. The lowest BCUT2D eigenvalue weighted by Crippen LogP contribution is -2.83. The number of aliphatic hydroxyl groups is 3. The van der Waals surface area contributed by atoms with Crippen LogP contribution in [0.4, 0.5) is 0 Å². The van der Waals surface area contributed by atoms with Gasteiger partial charge in [0.25, 0.3) is 0 Å². The Kier molecular flexibility index (Phi) is 2.88. The Hall–Kier alpha value is -0.750. The highest BCUT2D eigenvalue weighted by molar-refractivity contribution is 6.04. The molecule has 8 atom stereocenters. The highest BCUT2D eigenvalue weighted by Gasteiger charge is 2.84. The van der Waals surface area contributed by atoms with Crippen LogP contribution in [-0.2, 0) is 9.53 Å². The number of rotatable bonds is 0. The third-order valence-electron chi connectivity index (χ3n) is 8.81. The third-order valence-corrected chi connectivity index (χ3v) is 8.81. The first-order chi connectivity index (χ1) is 11.6. The molecule has 2 spiro atoms. The van der Waals surface area contributed by atoms with Crippen molar-refractivity contribution in [2.24, 2.45) is 34.0 Å². The van der Waals surface area contributed by atoms with E-state index < -0.39 is 28.8 Å². The van der Waals surface area contributed by atoms with Gasteiger partial charge in [-0.25, -0.2) is 0 Å². The summed E-state index contributed by atoms with van der Waals surface area (Å²) < 4.78 is 5.89. The van der Waals surface area contributed by atoms with Gasteiger partial charge in [-0.1, -0.05) is 20.4 Å². The molecule has 0 unspecified atom stereocenters. The average Bonchev–Trinajstić information content (AvgIpc) is 2.75. The molecule has 138 valence electrons. The summed E-state index contributed by atoms with van der Waals surface area (Å²) in [6.07, 6.45) is 1.77. The Bertz CT molecular complexity index is 686. The lowest BCUT2D eigenvalue weighted by molar-refractivity contribution is -0.448. The Labute approximate surface area is 148 Å². The topological polar surface area (TPSA) is 87.0 Å². The van der Waals surface area contributed by atoms with Crippen LogP contribution in [-0.4, -0.2) is 45.7 Å². The molecule has 4 saturated carbocycles. The smallest absolute Gasteiger partial charge is 0.205 e. The second kappa shape index (κ2) is 4.38. The molecule has 4 aliphatic carbocycles. The van der Waals surface area contributed by atoms with E-state index in [1.807, 2.05) is 0 Å².